The fourth-order valence-electron chi connectivity index (χ4n) is 0.936. The number of aromatic amines is 1. The Hall–Kier alpha value is -0.840. The minimum atomic E-state index is 0.322. The number of nitrogens with two attached hydrogens (primary N) is 1. The van der Waals surface area contributed by atoms with E-state index in [0.717, 1.165) is 5.82 Å². The van der Waals surface area contributed by atoms with E-state index in [0.29, 0.717) is 16.6 Å². The van der Waals surface area contributed by atoms with E-state index < -0.39 is 0 Å². The fourth-order valence-corrected chi connectivity index (χ4v) is 1.08. The van der Waals surface area contributed by atoms with E-state index in [1.807, 2.05) is 0 Å². The molecule has 0 aromatic carbocycles. The predicted molar refractivity (Wildman–Crippen MR) is 50.8 cm³/mol. The Bertz CT molecular complexity index is 311. The Morgan fingerprint density at radius 3 is 2.42 bits per heavy atom. The van der Waals surface area contributed by atoms with E-state index in [1.54, 1.807) is 0 Å². The maximum absolute atomic E-state index is 5.66. The summed E-state index contributed by atoms with van der Waals surface area (Å²) in [5, 5.41) is 6.72. The summed E-state index contributed by atoms with van der Waals surface area (Å²) in [4.78, 5) is 0. The molecule has 0 bridgehead atoms. The number of nitrogen functional groups attached to an aromatic ring is 1. The van der Waals surface area contributed by atoms with Crippen LogP contribution in [-0.4, -0.2) is 14.9 Å². The van der Waals surface area contributed by atoms with Crippen LogP contribution in [0, 0.1) is 10.7 Å². The van der Waals surface area contributed by atoms with Crippen molar-refractivity contribution in [3.63, 3.8) is 0 Å². The summed E-state index contributed by atoms with van der Waals surface area (Å²) < 4.78 is 1.90. The molecule has 0 spiro atoms. The first-order chi connectivity index (χ1) is 5.54. The van der Waals surface area contributed by atoms with Gasteiger partial charge in [-0.15, -0.1) is 0 Å². The molecular weight excluding hydrogens is 172 g/mol. The number of hydrogen-bond acceptors (Lipinski definition) is 3. The molecule has 3 N–H and O–H groups in total. The van der Waals surface area contributed by atoms with Crippen molar-refractivity contribution in [1.29, 1.82) is 0 Å². The van der Waals surface area contributed by atoms with Gasteiger partial charge in [0.15, 0.2) is 5.82 Å². The van der Waals surface area contributed by atoms with Crippen LogP contribution in [0.15, 0.2) is 0 Å². The average Bonchev–Trinajstić information content (AvgIpc) is 2.32. The molecule has 1 aromatic heterocycles. The molecule has 0 radical (unpaired) electrons. The molecule has 0 amide bonds. The molecule has 0 aliphatic heterocycles. The van der Waals surface area contributed by atoms with Crippen LogP contribution in [0.25, 0.3) is 0 Å². The van der Waals surface area contributed by atoms with Crippen LogP contribution < -0.4 is 5.84 Å². The fraction of sp³-hybridized carbons (Fsp3) is 0.714. The van der Waals surface area contributed by atoms with E-state index in [2.05, 4.69) is 31.0 Å². The van der Waals surface area contributed by atoms with Gasteiger partial charge in [0.05, 0.1) is 0 Å². The van der Waals surface area contributed by atoms with Crippen LogP contribution in [0.2, 0.25) is 0 Å². The first kappa shape index (κ1) is 9.25. The number of nitrogens with zero attached hydrogens (tertiary/aromatic N) is 2. The normalized spacial score (nSPS) is 13.7. The Morgan fingerprint density at radius 1 is 1.50 bits per heavy atom. The molecule has 68 valence electrons. The number of H-pyrrole nitrogens is 1. The molecule has 1 aromatic rings. The Labute approximate surface area is 76.8 Å². The molecule has 1 heterocycles. The largest absolute Gasteiger partial charge is 0.335 e. The Morgan fingerprint density at radius 2 is 2.08 bits per heavy atom. The molecule has 5 heteroatoms. The Kier molecular flexibility index (Phi) is 2.52. The lowest BCUT2D eigenvalue weighted by molar-refractivity contribution is 0.499. The van der Waals surface area contributed by atoms with Crippen molar-refractivity contribution < 1.29 is 0 Å². The molecule has 1 unspecified atom stereocenters. The highest BCUT2D eigenvalue weighted by Crippen LogP contribution is 2.20. The summed E-state index contributed by atoms with van der Waals surface area (Å²) >= 11 is 4.90. The van der Waals surface area contributed by atoms with E-state index in [4.69, 9.17) is 18.1 Å². The van der Waals surface area contributed by atoms with Gasteiger partial charge in [0, 0.05) is 5.92 Å². The number of aromatic nitrogens is 3. The van der Waals surface area contributed by atoms with Crippen LogP contribution in [0.1, 0.15) is 32.5 Å². The zero-order valence-electron chi connectivity index (χ0n) is 7.53. The summed E-state index contributed by atoms with van der Waals surface area (Å²) in [6.45, 7) is 6.34. The molecule has 0 aliphatic carbocycles. The number of rotatable bonds is 2. The van der Waals surface area contributed by atoms with Gasteiger partial charge in [0.25, 0.3) is 0 Å². The third kappa shape index (κ3) is 1.50. The number of nitrogens with one attached hydrogen (secondary N) is 1. The monoisotopic (exact) mass is 186 g/mol. The van der Waals surface area contributed by atoms with Gasteiger partial charge in [0.1, 0.15) is 0 Å². The number of hydrogen-bond donors (Lipinski definition) is 2. The zero-order chi connectivity index (χ0) is 9.30. The quantitative estimate of drug-likeness (QED) is 0.542. The Balaban J connectivity index is 3.03. The first-order valence-corrected chi connectivity index (χ1v) is 4.37. The second-order valence-corrected chi connectivity index (χ2v) is 3.68. The summed E-state index contributed by atoms with van der Waals surface area (Å²) in [6, 6.07) is 0. The lowest BCUT2D eigenvalue weighted by atomic mass is 9.98. The molecule has 1 atom stereocenters. The van der Waals surface area contributed by atoms with Gasteiger partial charge in [-0.25, -0.2) is 4.68 Å². The van der Waals surface area contributed by atoms with Crippen molar-refractivity contribution in [2.75, 3.05) is 5.84 Å². The highest BCUT2D eigenvalue weighted by Gasteiger charge is 2.15. The third-order valence-corrected chi connectivity index (χ3v) is 2.43. The van der Waals surface area contributed by atoms with E-state index >= 15 is 0 Å². The first-order valence-electron chi connectivity index (χ1n) is 3.96. The van der Waals surface area contributed by atoms with Gasteiger partial charge in [-0.3, -0.25) is 5.10 Å². The van der Waals surface area contributed by atoms with Crippen molar-refractivity contribution in [2.24, 2.45) is 5.92 Å². The van der Waals surface area contributed by atoms with Gasteiger partial charge in [-0.1, -0.05) is 20.8 Å². The molecule has 0 saturated carbocycles. The second-order valence-electron chi connectivity index (χ2n) is 3.29. The minimum Gasteiger partial charge on any atom is -0.335 e. The van der Waals surface area contributed by atoms with Crippen LogP contribution >= 0.6 is 12.2 Å². The molecule has 0 aliphatic rings. The van der Waals surface area contributed by atoms with Crippen LogP contribution in [0.4, 0.5) is 0 Å². The summed E-state index contributed by atoms with van der Waals surface area (Å²) in [5.41, 5.74) is 0. The molecular formula is C7H14N4S. The van der Waals surface area contributed by atoms with Crippen molar-refractivity contribution >= 4 is 12.2 Å². The zero-order valence-corrected chi connectivity index (χ0v) is 8.35. The molecule has 1 rings (SSSR count). The minimum absolute atomic E-state index is 0.322. The lowest BCUT2D eigenvalue weighted by Crippen LogP contribution is -2.17. The highest BCUT2D eigenvalue weighted by atomic mass is 32.1. The van der Waals surface area contributed by atoms with E-state index in [9.17, 15) is 0 Å². The van der Waals surface area contributed by atoms with E-state index in [1.165, 1.54) is 4.68 Å². The van der Waals surface area contributed by atoms with E-state index in [-0.39, 0.29) is 0 Å². The molecule has 0 saturated heterocycles. The van der Waals surface area contributed by atoms with Gasteiger partial charge in [0.2, 0.25) is 4.77 Å². The summed E-state index contributed by atoms with van der Waals surface area (Å²) in [7, 11) is 0. The standard InChI is InChI=1S/C7H14N4S/c1-4(2)5(3)6-9-10-7(12)11(6)8/h4-5H,8H2,1-3H3,(H,10,12). The van der Waals surface area contributed by atoms with Gasteiger partial charge >= 0.3 is 0 Å². The summed E-state index contributed by atoms with van der Waals surface area (Å²) in [6.07, 6.45) is 0. The maximum atomic E-state index is 5.66. The van der Waals surface area contributed by atoms with Crippen molar-refractivity contribution in [2.45, 2.75) is 26.7 Å². The van der Waals surface area contributed by atoms with Crippen LogP contribution in [0.5, 0.6) is 0 Å². The smallest absolute Gasteiger partial charge is 0.214 e. The second kappa shape index (κ2) is 3.26. The van der Waals surface area contributed by atoms with Crippen molar-refractivity contribution in [3.05, 3.63) is 10.6 Å². The predicted octanol–water partition coefficient (Wildman–Crippen LogP) is 1.41. The van der Waals surface area contributed by atoms with Gasteiger partial charge in [-0.2, -0.15) is 5.10 Å². The summed E-state index contributed by atoms with van der Waals surface area (Å²) in [5.74, 6) is 7.31. The third-order valence-electron chi connectivity index (χ3n) is 2.14. The van der Waals surface area contributed by atoms with Gasteiger partial charge < -0.3 is 5.84 Å². The molecule has 12 heavy (non-hydrogen) atoms. The molecule has 4 nitrogen and oxygen atoms in total. The lowest BCUT2D eigenvalue weighted by Gasteiger charge is -2.13. The van der Waals surface area contributed by atoms with Gasteiger partial charge in [-0.05, 0) is 18.1 Å². The van der Waals surface area contributed by atoms with Crippen LogP contribution in [-0.2, 0) is 0 Å². The van der Waals surface area contributed by atoms with Crippen molar-refractivity contribution in [1.82, 2.24) is 14.9 Å². The topological polar surface area (TPSA) is 59.6 Å². The molecule has 0 fully saturated rings. The maximum Gasteiger partial charge on any atom is 0.214 e. The van der Waals surface area contributed by atoms with Crippen LogP contribution in [0.3, 0.4) is 0 Å². The SMILES string of the molecule is CC(C)C(C)c1n[nH]c(=S)n1N. The average molecular weight is 186 g/mol. The van der Waals surface area contributed by atoms with Crippen molar-refractivity contribution in [3.8, 4) is 0 Å². The highest BCUT2D eigenvalue weighted by molar-refractivity contribution is 7.71.